The first kappa shape index (κ1) is 12.7. The fourth-order valence-corrected chi connectivity index (χ4v) is 1.47. The predicted octanol–water partition coefficient (Wildman–Crippen LogP) is 0.853. The zero-order valence-electron chi connectivity index (χ0n) is 9.32. The van der Waals surface area contributed by atoms with E-state index >= 15 is 0 Å². The molecule has 0 aliphatic carbocycles. The molecule has 16 heavy (non-hydrogen) atoms. The quantitative estimate of drug-likeness (QED) is 0.709. The molecule has 0 radical (unpaired) electrons. The lowest BCUT2D eigenvalue weighted by atomic mass is 10.2. The van der Waals surface area contributed by atoms with E-state index in [4.69, 9.17) is 15.6 Å². The molecule has 0 aromatic heterocycles. The minimum Gasteiger partial charge on any atom is -0.399 e. The van der Waals surface area contributed by atoms with E-state index in [0.29, 0.717) is 31.1 Å². The highest BCUT2D eigenvalue weighted by Gasteiger charge is 2.07. The zero-order valence-corrected chi connectivity index (χ0v) is 9.32. The third kappa shape index (κ3) is 3.67. The van der Waals surface area contributed by atoms with E-state index < -0.39 is 0 Å². The van der Waals surface area contributed by atoms with Gasteiger partial charge in [0.2, 0.25) is 0 Å². The molecule has 1 rings (SSSR count). The van der Waals surface area contributed by atoms with Crippen LogP contribution in [0.25, 0.3) is 0 Å². The van der Waals surface area contributed by atoms with E-state index in [1.54, 1.807) is 13.2 Å². The number of rotatable bonds is 6. The van der Waals surface area contributed by atoms with Gasteiger partial charge in [0.05, 0.1) is 13.2 Å². The molecule has 0 atom stereocenters. The lowest BCUT2D eigenvalue weighted by Crippen LogP contribution is -2.30. The van der Waals surface area contributed by atoms with Gasteiger partial charge < -0.3 is 20.5 Å². The molecule has 0 unspecified atom stereocenters. The van der Waals surface area contributed by atoms with E-state index in [1.165, 1.54) is 12.1 Å². The number of nitrogens with two attached hydrogens (primary N) is 1. The van der Waals surface area contributed by atoms with E-state index in [1.807, 2.05) is 4.90 Å². The summed E-state index contributed by atoms with van der Waals surface area (Å²) in [6, 6.07) is 4.33. The van der Waals surface area contributed by atoms with Crippen LogP contribution >= 0.6 is 0 Å². The van der Waals surface area contributed by atoms with Crippen molar-refractivity contribution in [2.24, 2.45) is 0 Å². The summed E-state index contributed by atoms with van der Waals surface area (Å²) >= 11 is 0. The fourth-order valence-electron chi connectivity index (χ4n) is 1.47. The first-order valence-electron chi connectivity index (χ1n) is 5.08. The number of methoxy groups -OCH3 is 1. The summed E-state index contributed by atoms with van der Waals surface area (Å²) in [4.78, 5) is 1.82. The number of benzene rings is 1. The molecule has 90 valence electrons. The van der Waals surface area contributed by atoms with Gasteiger partial charge in [0.15, 0.2) is 0 Å². The number of aliphatic hydroxyl groups excluding tert-OH is 1. The van der Waals surface area contributed by atoms with Crippen LogP contribution in [0.3, 0.4) is 0 Å². The molecular weight excluding hydrogens is 211 g/mol. The Hall–Kier alpha value is -1.33. The summed E-state index contributed by atoms with van der Waals surface area (Å²) in [5.41, 5.74) is 6.59. The van der Waals surface area contributed by atoms with E-state index in [0.717, 1.165) is 0 Å². The van der Waals surface area contributed by atoms with E-state index in [-0.39, 0.29) is 12.4 Å². The van der Waals surface area contributed by atoms with Gasteiger partial charge in [-0.15, -0.1) is 0 Å². The molecule has 5 heteroatoms. The van der Waals surface area contributed by atoms with Crippen molar-refractivity contribution in [3.8, 4) is 0 Å². The smallest absolute Gasteiger partial charge is 0.127 e. The summed E-state index contributed by atoms with van der Waals surface area (Å²) in [5, 5.41) is 8.93. The van der Waals surface area contributed by atoms with Crippen molar-refractivity contribution in [2.75, 3.05) is 44.0 Å². The van der Waals surface area contributed by atoms with Crippen LogP contribution in [-0.4, -0.2) is 38.5 Å². The highest BCUT2D eigenvalue weighted by Crippen LogP contribution is 2.19. The summed E-state index contributed by atoms with van der Waals surface area (Å²) in [7, 11) is 1.59. The average Bonchev–Trinajstić information content (AvgIpc) is 2.22. The minimum absolute atomic E-state index is 0.000131. The van der Waals surface area contributed by atoms with Crippen molar-refractivity contribution >= 4 is 11.4 Å². The fraction of sp³-hybridized carbons (Fsp3) is 0.455. The Morgan fingerprint density at radius 3 is 2.69 bits per heavy atom. The third-order valence-corrected chi connectivity index (χ3v) is 2.21. The average molecular weight is 228 g/mol. The standard InChI is InChI=1S/C11H17FN2O2/c1-16-5-3-14(2-4-15)11-7-9(12)6-10(13)8-11/h6-8,15H,2-5,13H2,1H3. The Labute approximate surface area is 94.4 Å². The number of ether oxygens (including phenoxy) is 1. The maximum absolute atomic E-state index is 13.2. The Balaban J connectivity index is 2.82. The lowest BCUT2D eigenvalue weighted by molar-refractivity contribution is 0.203. The monoisotopic (exact) mass is 228 g/mol. The van der Waals surface area contributed by atoms with Crippen molar-refractivity contribution in [1.29, 1.82) is 0 Å². The third-order valence-electron chi connectivity index (χ3n) is 2.21. The Morgan fingerprint density at radius 1 is 1.38 bits per heavy atom. The molecule has 0 fully saturated rings. The lowest BCUT2D eigenvalue weighted by Gasteiger charge is -2.23. The second-order valence-electron chi connectivity index (χ2n) is 3.45. The van der Waals surface area contributed by atoms with Crippen LogP contribution in [0.4, 0.5) is 15.8 Å². The molecule has 0 amide bonds. The van der Waals surface area contributed by atoms with Gasteiger partial charge >= 0.3 is 0 Å². The zero-order chi connectivity index (χ0) is 12.0. The highest BCUT2D eigenvalue weighted by atomic mass is 19.1. The van der Waals surface area contributed by atoms with Gasteiger partial charge in [-0.1, -0.05) is 0 Å². The van der Waals surface area contributed by atoms with Crippen LogP contribution in [0, 0.1) is 5.82 Å². The largest absolute Gasteiger partial charge is 0.399 e. The molecule has 0 aliphatic heterocycles. The number of hydrogen-bond acceptors (Lipinski definition) is 4. The Morgan fingerprint density at radius 2 is 2.12 bits per heavy atom. The first-order chi connectivity index (χ1) is 7.67. The van der Waals surface area contributed by atoms with Gasteiger partial charge in [0.25, 0.3) is 0 Å². The van der Waals surface area contributed by atoms with Crippen LogP contribution in [0.1, 0.15) is 0 Å². The summed E-state index contributed by atoms with van der Waals surface area (Å²) in [6.45, 7) is 1.52. The van der Waals surface area contributed by atoms with Crippen LogP contribution in [0.2, 0.25) is 0 Å². The number of nitrogen functional groups attached to an aromatic ring is 1. The number of aliphatic hydroxyl groups is 1. The number of halogens is 1. The molecule has 1 aromatic carbocycles. The summed E-state index contributed by atoms with van der Waals surface area (Å²) in [6.07, 6.45) is 0. The van der Waals surface area contributed by atoms with Crippen molar-refractivity contribution in [3.05, 3.63) is 24.0 Å². The summed E-state index contributed by atoms with van der Waals surface area (Å²) < 4.78 is 18.1. The van der Waals surface area contributed by atoms with Crippen LogP contribution < -0.4 is 10.6 Å². The van der Waals surface area contributed by atoms with Gasteiger partial charge in [-0.3, -0.25) is 0 Å². The Bertz CT molecular complexity index is 314. The maximum atomic E-state index is 13.2. The molecule has 0 aliphatic rings. The number of hydrogen-bond donors (Lipinski definition) is 2. The van der Waals surface area contributed by atoms with Crippen LogP contribution in [0.5, 0.6) is 0 Å². The maximum Gasteiger partial charge on any atom is 0.127 e. The Kier molecular flexibility index (Phi) is 5.01. The van der Waals surface area contributed by atoms with Crippen molar-refractivity contribution in [2.45, 2.75) is 0 Å². The minimum atomic E-state index is -0.379. The molecule has 0 saturated heterocycles. The van der Waals surface area contributed by atoms with Crippen molar-refractivity contribution in [3.63, 3.8) is 0 Å². The molecule has 0 spiro atoms. The molecule has 0 heterocycles. The number of anilines is 2. The van der Waals surface area contributed by atoms with Crippen LogP contribution in [-0.2, 0) is 4.74 Å². The molecule has 0 saturated carbocycles. The molecule has 0 bridgehead atoms. The second-order valence-corrected chi connectivity index (χ2v) is 3.45. The normalized spacial score (nSPS) is 10.4. The van der Waals surface area contributed by atoms with Crippen molar-refractivity contribution < 1.29 is 14.2 Å². The molecule has 1 aromatic rings. The van der Waals surface area contributed by atoms with Gasteiger partial charge in [0.1, 0.15) is 5.82 Å². The summed E-state index contributed by atoms with van der Waals surface area (Å²) in [5.74, 6) is -0.379. The topological polar surface area (TPSA) is 58.7 Å². The second kappa shape index (κ2) is 6.30. The van der Waals surface area contributed by atoms with Gasteiger partial charge in [0, 0.05) is 31.6 Å². The molecule has 4 nitrogen and oxygen atoms in total. The van der Waals surface area contributed by atoms with E-state index in [2.05, 4.69) is 0 Å². The molecular formula is C11H17FN2O2. The van der Waals surface area contributed by atoms with Crippen molar-refractivity contribution in [1.82, 2.24) is 0 Å². The van der Waals surface area contributed by atoms with Gasteiger partial charge in [-0.2, -0.15) is 0 Å². The van der Waals surface area contributed by atoms with Crippen LogP contribution in [0.15, 0.2) is 18.2 Å². The number of nitrogens with zero attached hydrogens (tertiary/aromatic N) is 1. The van der Waals surface area contributed by atoms with Gasteiger partial charge in [-0.05, 0) is 18.2 Å². The first-order valence-corrected chi connectivity index (χ1v) is 5.08. The van der Waals surface area contributed by atoms with E-state index in [9.17, 15) is 4.39 Å². The highest BCUT2D eigenvalue weighted by molar-refractivity contribution is 5.56. The SMILES string of the molecule is COCCN(CCO)c1cc(N)cc(F)c1. The molecule has 3 N–H and O–H groups in total. The predicted molar refractivity (Wildman–Crippen MR) is 62.0 cm³/mol. The van der Waals surface area contributed by atoms with Gasteiger partial charge in [-0.25, -0.2) is 4.39 Å².